The molecule has 3 heteroatoms. The van der Waals surface area contributed by atoms with E-state index >= 15 is 0 Å². The van der Waals surface area contributed by atoms with Gasteiger partial charge < -0.3 is 14.9 Å². The predicted octanol–water partition coefficient (Wildman–Crippen LogP) is 5.24. The molecule has 7 rings (SSSR count). The minimum atomic E-state index is -0.942. The molecule has 7 aliphatic carbocycles. The summed E-state index contributed by atoms with van der Waals surface area (Å²) < 4.78 is 5.83. The molecule has 0 aromatic rings. The quantitative estimate of drug-likeness (QED) is 0.635. The van der Waals surface area contributed by atoms with Crippen molar-refractivity contribution in [2.24, 2.45) is 51.2 Å². The first-order valence-corrected chi connectivity index (χ1v) is 12.4. The Balaban J connectivity index is 1.44. The van der Waals surface area contributed by atoms with Crippen molar-refractivity contribution in [3.63, 3.8) is 0 Å². The van der Waals surface area contributed by atoms with Gasteiger partial charge >= 0.3 is 0 Å². The van der Waals surface area contributed by atoms with E-state index in [9.17, 15) is 10.2 Å². The Morgan fingerprint density at radius 1 is 1.07 bits per heavy atom. The zero-order valence-corrected chi connectivity index (χ0v) is 18.4. The van der Waals surface area contributed by atoms with Gasteiger partial charge in [-0.3, -0.25) is 0 Å². The Labute approximate surface area is 175 Å². The third-order valence-corrected chi connectivity index (χ3v) is 13.1. The summed E-state index contributed by atoms with van der Waals surface area (Å²) >= 11 is 0. The van der Waals surface area contributed by atoms with Gasteiger partial charge in [-0.15, -0.1) is 0 Å². The van der Waals surface area contributed by atoms with Gasteiger partial charge in [0.05, 0.1) is 11.7 Å². The van der Waals surface area contributed by atoms with Crippen LogP contribution < -0.4 is 0 Å². The molecule has 0 aromatic carbocycles. The molecule has 160 valence electrons. The Kier molecular flexibility index (Phi) is 3.07. The highest BCUT2D eigenvalue weighted by molar-refractivity contribution is 5.41. The molecule has 6 saturated carbocycles. The highest BCUT2D eigenvalue weighted by Gasteiger charge is 2.88. The SMILES string of the molecule is COC1C=C(O)C2C3C4CC5CCC6CCCC67CCC5(C7)C3(C)C(C)(C4)C12O. The molecule has 2 spiro atoms. The van der Waals surface area contributed by atoms with Gasteiger partial charge in [-0.2, -0.15) is 0 Å². The molecule has 0 saturated heterocycles. The lowest BCUT2D eigenvalue weighted by atomic mass is 9.44. The lowest BCUT2D eigenvalue weighted by Crippen LogP contribution is -2.59. The van der Waals surface area contributed by atoms with Crippen molar-refractivity contribution in [2.45, 2.75) is 89.8 Å². The first-order chi connectivity index (χ1) is 13.8. The van der Waals surface area contributed by atoms with Gasteiger partial charge in [0.25, 0.3) is 0 Å². The largest absolute Gasteiger partial charge is 0.512 e. The predicted molar refractivity (Wildman–Crippen MR) is 111 cm³/mol. The number of ether oxygens (including phenoxy) is 1. The van der Waals surface area contributed by atoms with Crippen LogP contribution in [0, 0.1) is 51.2 Å². The fourth-order valence-corrected chi connectivity index (χ4v) is 12.3. The molecule has 6 bridgehead atoms. The molecule has 2 N–H and O–H groups in total. The normalized spacial score (nSPS) is 66.4. The molecule has 0 heterocycles. The maximum Gasteiger partial charge on any atom is 0.110 e. The maximum absolute atomic E-state index is 12.4. The summed E-state index contributed by atoms with van der Waals surface area (Å²) in [5.41, 5.74) is -0.0632. The van der Waals surface area contributed by atoms with Gasteiger partial charge in [-0.1, -0.05) is 20.3 Å². The van der Waals surface area contributed by atoms with E-state index < -0.39 is 5.60 Å². The zero-order chi connectivity index (χ0) is 20.0. The van der Waals surface area contributed by atoms with Crippen LogP contribution in [-0.2, 0) is 4.74 Å². The van der Waals surface area contributed by atoms with E-state index in [-0.39, 0.29) is 22.9 Å². The Morgan fingerprint density at radius 2 is 1.86 bits per heavy atom. The van der Waals surface area contributed by atoms with E-state index in [0.717, 1.165) is 18.3 Å². The fraction of sp³-hybridized carbons (Fsp3) is 0.923. The summed E-state index contributed by atoms with van der Waals surface area (Å²) in [7, 11) is 1.71. The van der Waals surface area contributed by atoms with E-state index in [1.54, 1.807) is 7.11 Å². The summed E-state index contributed by atoms with van der Waals surface area (Å²) in [6.07, 6.45) is 15.4. The average molecular weight is 399 g/mol. The molecular formula is C26H38O3. The highest BCUT2D eigenvalue weighted by Crippen LogP contribution is 2.89. The summed E-state index contributed by atoms with van der Waals surface area (Å²) in [5, 5.41) is 23.4. The summed E-state index contributed by atoms with van der Waals surface area (Å²) in [6.45, 7) is 4.98. The van der Waals surface area contributed by atoms with Crippen molar-refractivity contribution in [3.8, 4) is 0 Å². The monoisotopic (exact) mass is 398 g/mol. The van der Waals surface area contributed by atoms with Crippen LogP contribution in [0.1, 0.15) is 78.1 Å². The van der Waals surface area contributed by atoms with Crippen molar-refractivity contribution < 1.29 is 14.9 Å². The van der Waals surface area contributed by atoms with Gasteiger partial charge in [0.15, 0.2) is 0 Å². The second-order valence-electron chi connectivity index (χ2n) is 12.9. The van der Waals surface area contributed by atoms with Gasteiger partial charge in [-0.05, 0) is 104 Å². The smallest absolute Gasteiger partial charge is 0.110 e. The van der Waals surface area contributed by atoms with Crippen LogP contribution in [0.5, 0.6) is 0 Å². The minimum absolute atomic E-state index is 0.104. The molecule has 29 heavy (non-hydrogen) atoms. The van der Waals surface area contributed by atoms with E-state index in [4.69, 9.17) is 4.74 Å². The molecule has 0 radical (unpaired) electrons. The highest BCUT2D eigenvalue weighted by atomic mass is 16.5. The van der Waals surface area contributed by atoms with Gasteiger partial charge in [0.2, 0.25) is 0 Å². The zero-order valence-electron chi connectivity index (χ0n) is 18.4. The van der Waals surface area contributed by atoms with Gasteiger partial charge in [0, 0.05) is 12.5 Å². The summed E-state index contributed by atoms with van der Waals surface area (Å²) in [5.74, 6) is 3.18. The topological polar surface area (TPSA) is 49.7 Å². The Hall–Kier alpha value is -0.540. The number of rotatable bonds is 1. The van der Waals surface area contributed by atoms with Gasteiger partial charge in [-0.25, -0.2) is 0 Å². The van der Waals surface area contributed by atoms with Crippen molar-refractivity contribution in [3.05, 3.63) is 11.8 Å². The molecular weight excluding hydrogens is 360 g/mol. The van der Waals surface area contributed by atoms with Crippen LogP contribution in [0.4, 0.5) is 0 Å². The second kappa shape index (κ2) is 4.93. The first kappa shape index (κ1) is 18.1. The number of aliphatic hydroxyl groups is 2. The van der Waals surface area contributed by atoms with Crippen LogP contribution in [0.2, 0.25) is 0 Å². The molecule has 3 nitrogen and oxygen atoms in total. The average Bonchev–Trinajstić information content (AvgIpc) is 3.38. The molecule has 0 aromatic heterocycles. The molecule has 0 aliphatic heterocycles. The van der Waals surface area contributed by atoms with E-state index in [2.05, 4.69) is 13.8 Å². The lowest BCUT2D eigenvalue weighted by Gasteiger charge is -2.60. The van der Waals surface area contributed by atoms with Crippen LogP contribution in [0.3, 0.4) is 0 Å². The van der Waals surface area contributed by atoms with Crippen molar-refractivity contribution in [1.82, 2.24) is 0 Å². The summed E-state index contributed by atoms with van der Waals surface area (Å²) in [6, 6.07) is 0. The Bertz CT molecular complexity index is 821. The second-order valence-corrected chi connectivity index (χ2v) is 12.9. The molecule has 7 aliphatic rings. The van der Waals surface area contributed by atoms with Gasteiger partial charge in [0.1, 0.15) is 11.7 Å². The van der Waals surface area contributed by atoms with Crippen LogP contribution in [-0.4, -0.2) is 29.0 Å². The Morgan fingerprint density at radius 3 is 2.66 bits per heavy atom. The van der Waals surface area contributed by atoms with Crippen LogP contribution >= 0.6 is 0 Å². The third kappa shape index (κ3) is 1.51. The number of methoxy groups -OCH3 is 1. The molecule has 0 amide bonds. The first-order valence-electron chi connectivity index (χ1n) is 12.4. The van der Waals surface area contributed by atoms with Crippen molar-refractivity contribution in [1.29, 1.82) is 0 Å². The van der Waals surface area contributed by atoms with E-state index in [1.165, 1.54) is 57.8 Å². The molecule has 11 atom stereocenters. The minimum Gasteiger partial charge on any atom is -0.512 e. The molecule has 11 unspecified atom stereocenters. The van der Waals surface area contributed by atoms with Crippen molar-refractivity contribution >= 4 is 0 Å². The molecule has 6 fully saturated rings. The number of fused-ring (bicyclic) bond motifs is 2. The number of hydrogen-bond donors (Lipinski definition) is 2. The standard InChI is InChI=1S/C26H38O3/c1-22-13-15-11-17-7-6-16-5-4-8-24(16)9-10-25(17,14-24)23(22,2)20(15)21-18(27)12-19(29-3)26(21,22)28/h12,15-17,19-21,27-28H,4-11,13-14H2,1-3H3. The number of hydrogen-bond acceptors (Lipinski definition) is 3. The third-order valence-electron chi connectivity index (χ3n) is 13.1. The maximum atomic E-state index is 12.4. The van der Waals surface area contributed by atoms with Crippen LogP contribution in [0.25, 0.3) is 0 Å². The van der Waals surface area contributed by atoms with Crippen LogP contribution in [0.15, 0.2) is 11.8 Å². The van der Waals surface area contributed by atoms with E-state index in [0.29, 0.717) is 28.4 Å². The lowest BCUT2D eigenvalue weighted by molar-refractivity contribution is -0.185. The van der Waals surface area contributed by atoms with E-state index in [1.807, 2.05) is 6.08 Å². The fourth-order valence-electron chi connectivity index (χ4n) is 12.3. The summed E-state index contributed by atoms with van der Waals surface area (Å²) in [4.78, 5) is 0. The van der Waals surface area contributed by atoms with Crippen molar-refractivity contribution in [2.75, 3.05) is 7.11 Å². The number of aliphatic hydroxyl groups excluding tert-OH is 1.